The van der Waals surface area contributed by atoms with Crippen LogP contribution in [-0.2, 0) is 0 Å². The van der Waals surface area contributed by atoms with Crippen molar-refractivity contribution in [1.82, 2.24) is 10.2 Å². The van der Waals surface area contributed by atoms with Gasteiger partial charge in [0.15, 0.2) is 5.82 Å². The fourth-order valence-electron chi connectivity index (χ4n) is 1.78. The third kappa shape index (κ3) is 1.83. The second kappa shape index (κ2) is 3.38. The number of nitrogens with zero attached hydrogens (tertiary/aromatic N) is 2. The van der Waals surface area contributed by atoms with Gasteiger partial charge in [0.2, 0.25) is 0 Å². The molecule has 0 bridgehead atoms. The van der Waals surface area contributed by atoms with E-state index in [0.717, 1.165) is 31.0 Å². The second-order valence-electron chi connectivity index (χ2n) is 3.76. The average molecular weight is 180 g/mol. The third-order valence-electron chi connectivity index (χ3n) is 2.47. The zero-order valence-corrected chi connectivity index (χ0v) is 7.95. The summed E-state index contributed by atoms with van der Waals surface area (Å²) in [5.74, 6) is 1.03. The molecule has 1 aromatic rings. The SMILES string of the molecule is Cc1cc(N2CCC[C@@H](N)C2)n[nH]1. The number of aromatic nitrogens is 2. The van der Waals surface area contributed by atoms with E-state index in [2.05, 4.69) is 21.2 Å². The van der Waals surface area contributed by atoms with Crippen molar-refractivity contribution in [2.75, 3.05) is 18.0 Å². The molecule has 0 aliphatic carbocycles. The lowest BCUT2D eigenvalue weighted by atomic mass is 10.1. The van der Waals surface area contributed by atoms with Crippen LogP contribution in [0, 0.1) is 6.92 Å². The molecule has 0 unspecified atom stereocenters. The van der Waals surface area contributed by atoms with Gasteiger partial charge in [-0.25, -0.2) is 0 Å². The average Bonchev–Trinajstić information content (AvgIpc) is 2.52. The first-order chi connectivity index (χ1) is 6.25. The number of anilines is 1. The minimum atomic E-state index is 0.311. The Kier molecular flexibility index (Phi) is 2.22. The molecule has 0 spiro atoms. The van der Waals surface area contributed by atoms with E-state index in [1.165, 1.54) is 6.42 Å². The molecule has 0 amide bonds. The highest BCUT2D eigenvalue weighted by atomic mass is 15.3. The summed E-state index contributed by atoms with van der Waals surface area (Å²) >= 11 is 0. The van der Waals surface area contributed by atoms with Gasteiger partial charge >= 0.3 is 0 Å². The maximum Gasteiger partial charge on any atom is 0.150 e. The minimum Gasteiger partial charge on any atom is -0.354 e. The monoisotopic (exact) mass is 180 g/mol. The Morgan fingerprint density at radius 3 is 3.15 bits per heavy atom. The van der Waals surface area contributed by atoms with E-state index in [9.17, 15) is 0 Å². The van der Waals surface area contributed by atoms with Crippen molar-refractivity contribution < 1.29 is 0 Å². The topological polar surface area (TPSA) is 57.9 Å². The van der Waals surface area contributed by atoms with Crippen LogP contribution in [0.25, 0.3) is 0 Å². The van der Waals surface area contributed by atoms with E-state index < -0.39 is 0 Å². The van der Waals surface area contributed by atoms with Gasteiger partial charge in [0, 0.05) is 30.9 Å². The fraction of sp³-hybridized carbons (Fsp3) is 0.667. The predicted molar refractivity (Wildman–Crippen MR) is 52.7 cm³/mol. The molecular weight excluding hydrogens is 164 g/mol. The first-order valence-corrected chi connectivity index (χ1v) is 4.78. The Balaban J connectivity index is 2.08. The van der Waals surface area contributed by atoms with Gasteiger partial charge in [0.05, 0.1) is 0 Å². The zero-order chi connectivity index (χ0) is 9.26. The summed E-state index contributed by atoms with van der Waals surface area (Å²) in [6.45, 7) is 4.03. The lowest BCUT2D eigenvalue weighted by Gasteiger charge is -2.30. The quantitative estimate of drug-likeness (QED) is 0.667. The Labute approximate surface area is 78.1 Å². The molecule has 2 rings (SSSR count). The van der Waals surface area contributed by atoms with E-state index in [1.54, 1.807) is 0 Å². The highest BCUT2D eigenvalue weighted by Crippen LogP contribution is 2.17. The van der Waals surface area contributed by atoms with E-state index in [0.29, 0.717) is 6.04 Å². The normalized spacial score (nSPS) is 23.5. The van der Waals surface area contributed by atoms with Gasteiger partial charge in [0.25, 0.3) is 0 Å². The van der Waals surface area contributed by atoms with Crippen molar-refractivity contribution in [2.24, 2.45) is 5.73 Å². The molecule has 1 fully saturated rings. The van der Waals surface area contributed by atoms with Crippen LogP contribution in [0.15, 0.2) is 6.07 Å². The third-order valence-corrected chi connectivity index (χ3v) is 2.47. The second-order valence-corrected chi connectivity index (χ2v) is 3.76. The van der Waals surface area contributed by atoms with E-state index >= 15 is 0 Å². The number of hydrogen-bond acceptors (Lipinski definition) is 3. The lowest BCUT2D eigenvalue weighted by Crippen LogP contribution is -2.43. The van der Waals surface area contributed by atoms with Gasteiger partial charge in [-0.3, -0.25) is 5.10 Å². The van der Waals surface area contributed by atoms with Gasteiger partial charge in [-0.1, -0.05) is 0 Å². The molecule has 3 N–H and O–H groups in total. The van der Waals surface area contributed by atoms with Crippen molar-refractivity contribution in [3.05, 3.63) is 11.8 Å². The number of hydrogen-bond donors (Lipinski definition) is 2. The first kappa shape index (κ1) is 8.56. The van der Waals surface area contributed by atoms with Crippen LogP contribution in [-0.4, -0.2) is 29.3 Å². The molecule has 13 heavy (non-hydrogen) atoms. The number of H-pyrrole nitrogens is 1. The standard InChI is InChI=1S/C9H16N4/c1-7-5-9(12-11-7)13-4-2-3-8(10)6-13/h5,8H,2-4,6,10H2,1H3,(H,11,12)/t8-/m1/s1. The number of aromatic amines is 1. The Morgan fingerprint density at radius 1 is 1.69 bits per heavy atom. The molecule has 4 nitrogen and oxygen atoms in total. The molecule has 0 aromatic carbocycles. The lowest BCUT2D eigenvalue weighted by molar-refractivity contribution is 0.503. The van der Waals surface area contributed by atoms with Crippen molar-refractivity contribution in [3.63, 3.8) is 0 Å². The molecule has 72 valence electrons. The molecule has 4 heteroatoms. The van der Waals surface area contributed by atoms with Crippen molar-refractivity contribution in [2.45, 2.75) is 25.8 Å². The molecule has 1 atom stereocenters. The zero-order valence-electron chi connectivity index (χ0n) is 7.95. The molecule has 1 saturated heterocycles. The number of rotatable bonds is 1. The van der Waals surface area contributed by atoms with Crippen LogP contribution in [0.4, 0.5) is 5.82 Å². The Hall–Kier alpha value is -1.03. The summed E-state index contributed by atoms with van der Waals surface area (Å²) in [6, 6.07) is 2.38. The molecule has 1 aromatic heterocycles. The highest BCUT2D eigenvalue weighted by Gasteiger charge is 2.18. The number of nitrogens with one attached hydrogen (secondary N) is 1. The molecule has 0 saturated carbocycles. The summed E-state index contributed by atoms with van der Waals surface area (Å²) in [5.41, 5.74) is 7.00. The van der Waals surface area contributed by atoms with Crippen LogP contribution in [0.2, 0.25) is 0 Å². The fourth-order valence-corrected chi connectivity index (χ4v) is 1.78. The maximum atomic E-state index is 5.89. The van der Waals surface area contributed by atoms with E-state index in [1.807, 2.05) is 6.92 Å². The molecule has 2 heterocycles. The van der Waals surface area contributed by atoms with Crippen LogP contribution in [0.5, 0.6) is 0 Å². The number of piperidine rings is 1. The molecular formula is C9H16N4. The summed E-state index contributed by atoms with van der Waals surface area (Å²) in [5, 5.41) is 7.17. The van der Waals surface area contributed by atoms with Crippen molar-refractivity contribution in [1.29, 1.82) is 0 Å². The summed E-state index contributed by atoms with van der Waals surface area (Å²) < 4.78 is 0. The van der Waals surface area contributed by atoms with Crippen LogP contribution in [0.1, 0.15) is 18.5 Å². The van der Waals surface area contributed by atoms with Crippen LogP contribution in [0.3, 0.4) is 0 Å². The van der Waals surface area contributed by atoms with Crippen LogP contribution >= 0.6 is 0 Å². The van der Waals surface area contributed by atoms with Crippen LogP contribution < -0.4 is 10.6 Å². The number of nitrogens with two attached hydrogens (primary N) is 1. The number of aryl methyl sites for hydroxylation is 1. The maximum absolute atomic E-state index is 5.89. The summed E-state index contributed by atoms with van der Waals surface area (Å²) in [4.78, 5) is 2.25. The van der Waals surface area contributed by atoms with Crippen molar-refractivity contribution in [3.8, 4) is 0 Å². The van der Waals surface area contributed by atoms with Gasteiger partial charge in [-0.05, 0) is 19.8 Å². The smallest absolute Gasteiger partial charge is 0.150 e. The minimum absolute atomic E-state index is 0.311. The van der Waals surface area contributed by atoms with Gasteiger partial charge in [0.1, 0.15) is 0 Å². The summed E-state index contributed by atoms with van der Waals surface area (Å²) in [6.07, 6.45) is 2.31. The van der Waals surface area contributed by atoms with Gasteiger partial charge < -0.3 is 10.6 Å². The largest absolute Gasteiger partial charge is 0.354 e. The van der Waals surface area contributed by atoms with Crippen molar-refractivity contribution >= 4 is 5.82 Å². The summed E-state index contributed by atoms with van der Waals surface area (Å²) in [7, 11) is 0. The Bertz CT molecular complexity index is 281. The van der Waals surface area contributed by atoms with E-state index in [-0.39, 0.29) is 0 Å². The molecule has 1 aliphatic rings. The van der Waals surface area contributed by atoms with E-state index in [4.69, 9.17) is 5.73 Å². The Morgan fingerprint density at radius 2 is 2.54 bits per heavy atom. The molecule has 1 aliphatic heterocycles. The van der Waals surface area contributed by atoms with Gasteiger partial charge in [-0.2, -0.15) is 5.10 Å². The highest BCUT2D eigenvalue weighted by molar-refractivity contribution is 5.39. The predicted octanol–water partition coefficient (Wildman–Crippen LogP) is 0.646. The molecule has 0 radical (unpaired) electrons. The van der Waals surface area contributed by atoms with Gasteiger partial charge in [-0.15, -0.1) is 0 Å². The first-order valence-electron chi connectivity index (χ1n) is 4.78.